The van der Waals surface area contributed by atoms with Crippen molar-refractivity contribution in [3.8, 4) is 0 Å². The Morgan fingerprint density at radius 3 is 3.00 bits per heavy atom. The highest BCUT2D eigenvalue weighted by molar-refractivity contribution is 7.99. The highest BCUT2D eigenvalue weighted by atomic mass is 32.2. The summed E-state index contributed by atoms with van der Waals surface area (Å²) in [7, 11) is -3.01. The van der Waals surface area contributed by atoms with Crippen molar-refractivity contribution in [2.24, 2.45) is 5.92 Å². The number of rotatable bonds is 2. The molecule has 0 spiro atoms. The molecule has 0 aliphatic carbocycles. The molecule has 2 unspecified atom stereocenters. The van der Waals surface area contributed by atoms with Crippen molar-refractivity contribution in [2.75, 3.05) is 17.3 Å². The molecule has 1 saturated heterocycles. The first-order chi connectivity index (χ1) is 9.94. The molecule has 21 heavy (non-hydrogen) atoms. The number of amides is 1. The summed E-state index contributed by atoms with van der Waals surface area (Å²) in [5.41, 5.74) is -0.173. The molecule has 2 atom stereocenters. The fraction of sp³-hybridized carbons (Fsp3) is 0.583. The molecule has 1 fully saturated rings. The van der Waals surface area contributed by atoms with Crippen molar-refractivity contribution in [1.29, 1.82) is 0 Å². The molecule has 7 nitrogen and oxygen atoms in total. The van der Waals surface area contributed by atoms with Crippen LogP contribution in [0.1, 0.15) is 6.42 Å². The molecule has 0 aromatic carbocycles. The monoisotopic (exact) mass is 329 g/mol. The van der Waals surface area contributed by atoms with E-state index in [1.807, 2.05) is 0 Å². The van der Waals surface area contributed by atoms with Gasteiger partial charge in [-0.05, 0) is 6.42 Å². The van der Waals surface area contributed by atoms with Gasteiger partial charge in [0.05, 0.1) is 17.4 Å². The maximum absolute atomic E-state index is 12.2. The summed E-state index contributed by atoms with van der Waals surface area (Å²) >= 11 is 1.37. The normalized spacial score (nSPS) is 27.0. The zero-order valence-electron chi connectivity index (χ0n) is 11.2. The smallest absolute Gasteiger partial charge is 0.254 e. The second-order valence-electron chi connectivity index (χ2n) is 5.29. The lowest BCUT2D eigenvalue weighted by Crippen LogP contribution is -2.44. The van der Waals surface area contributed by atoms with E-state index in [1.54, 1.807) is 0 Å². The molecule has 1 aromatic heterocycles. The Hall–Kier alpha value is -1.35. The first-order valence-corrected chi connectivity index (χ1v) is 9.45. The number of nitrogens with zero attached hydrogens (tertiary/aromatic N) is 2. The lowest BCUT2D eigenvalue weighted by atomic mass is 10.1. The number of aromatic nitrogens is 2. The van der Waals surface area contributed by atoms with Crippen molar-refractivity contribution in [2.45, 2.75) is 24.2 Å². The SMILES string of the molecule is O=C(NC1CCS(=O)(=O)C1)C1CSc2nccc(=O)n2C1. The summed E-state index contributed by atoms with van der Waals surface area (Å²) in [4.78, 5) is 28.1. The van der Waals surface area contributed by atoms with Gasteiger partial charge in [-0.15, -0.1) is 0 Å². The predicted molar refractivity (Wildman–Crippen MR) is 77.9 cm³/mol. The number of fused-ring (bicyclic) bond motifs is 1. The van der Waals surface area contributed by atoms with Gasteiger partial charge in [0.2, 0.25) is 5.91 Å². The highest BCUT2D eigenvalue weighted by Gasteiger charge is 2.32. The van der Waals surface area contributed by atoms with E-state index < -0.39 is 9.84 Å². The third kappa shape index (κ3) is 3.13. The average Bonchev–Trinajstić information content (AvgIpc) is 2.78. The number of hydrogen-bond acceptors (Lipinski definition) is 6. The van der Waals surface area contributed by atoms with Crippen molar-refractivity contribution in [3.63, 3.8) is 0 Å². The van der Waals surface area contributed by atoms with Crippen molar-refractivity contribution in [1.82, 2.24) is 14.9 Å². The Kier molecular flexibility index (Phi) is 3.78. The summed E-state index contributed by atoms with van der Waals surface area (Å²) in [6.45, 7) is 0.292. The second-order valence-corrected chi connectivity index (χ2v) is 8.51. The van der Waals surface area contributed by atoms with Gasteiger partial charge in [-0.2, -0.15) is 0 Å². The zero-order valence-corrected chi connectivity index (χ0v) is 12.8. The number of thioether (sulfide) groups is 1. The summed E-state index contributed by atoms with van der Waals surface area (Å²) < 4.78 is 24.3. The van der Waals surface area contributed by atoms with Gasteiger partial charge >= 0.3 is 0 Å². The Bertz CT molecular complexity index is 728. The van der Waals surface area contributed by atoms with Crippen LogP contribution in [0, 0.1) is 5.92 Å². The maximum Gasteiger partial charge on any atom is 0.254 e. The van der Waals surface area contributed by atoms with Crippen molar-refractivity contribution >= 4 is 27.5 Å². The summed E-state index contributed by atoms with van der Waals surface area (Å²) in [5, 5.41) is 3.41. The molecule has 1 amide bonds. The van der Waals surface area contributed by atoms with E-state index in [0.29, 0.717) is 23.9 Å². The van der Waals surface area contributed by atoms with E-state index in [0.717, 1.165) is 0 Å². The van der Waals surface area contributed by atoms with E-state index in [1.165, 1.54) is 28.6 Å². The first kappa shape index (κ1) is 14.6. The third-order valence-electron chi connectivity index (χ3n) is 3.67. The number of hydrogen-bond donors (Lipinski definition) is 1. The van der Waals surface area contributed by atoms with Crippen LogP contribution in [0.5, 0.6) is 0 Å². The number of sulfone groups is 1. The second kappa shape index (κ2) is 5.45. The predicted octanol–water partition coefficient (Wildman–Crippen LogP) is -0.732. The van der Waals surface area contributed by atoms with Crippen LogP contribution < -0.4 is 10.9 Å². The molecular weight excluding hydrogens is 314 g/mol. The Morgan fingerprint density at radius 1 is 1.48 bits per heavy atom. The molecule has 0 bridgehead atoms. The van der Waals surface area contributed by atoms with Crippen LogP contribution in [0.15, 0.2) is 22.2 Å². The summed E-state index contributed by atoms with van der Waals surface area (Å²) in [6.07, 6.45) is 1.93. The fourth-order valence-electron chi connectivity index (χ4n) is 2.54. The fourth-order valence-corrected chi connectivity index (χ4v) is 5.27. The van der Waals surface area contributed by atoms with Gasteiger partial charge in [0.1, 0.15) is 0 Å². The molecule has 3 heterocycles. The molecule has 2 aliphatic rings. The van der Waals surface area contributed by atoms with Crippen LogP contribution >= 0.6 is 11.8 Å². The van der Waals surface area contributed by atoms with E-state index in [9.17, 15) is 18.0 Å². The van der Waals surface area contributed by atoms with E-state index in [-0.39, 0.29) is 34.9 Å². The molecule has 1 N–H and O–H groups in total. The molecular formula is C12H15N3O4S2. The number of nitrogens with one attached hydrogen (secondary N) is 1. The van der Waals surface area contributed by atoms with Crippen LogP contribution in [0.4, 0.5) is 0 Å². The molecule has 0 radical (unpaired) electrons. The van der Waals surface area contributed by atoms with Gasteiger partial charge in [-0.25, -0.2) is 13.4 Å². The first-order valence-electron chi connectivity index (χ1n) is 6.64. The van der Waals surface area contributed by atoms with Crippen molar-refractivity contribution in [3.05, 3.63) is 22.6 Å². The topological polar surface area (TPSA) is 98.1 Å². The quantitative estimate of drug-likeness (QED) is 0.718. The van der Waals surface area contributed by atoms with Crippen LogP contribution in [0.3, 0.4) is 0 Å². The van der Waals surface area contributed by atoms with E-state index in [4.69, 9.17) is 0 Å². The minimum absolute atomic E-state index is 0.0106. The van der Waals surface area contributed by atoms with Gasteiger partial charge in [-0.1, -0.05) is 11.8 Å². The van der Waals surface area contributed by atoms with Crippen LogP contribution in [-0.2, 0) is 21.2 Å². The van der Waals surface area contributed by atoms with Gasteiger partial charge in [0.15, 0.2) is 15.0 Å². The van der Waals surface area contributed by atoms with Crippen LogP contribution in [0.25, 0.3) is 0 Å². The van der Waals surface area contributed by atoms with E-state index >= 15 is 0 Å². The third-order valence-corrected chi connectivity index (χ3v) is 6.59. The lowest BCUT2D eigenvalue weighted by molar-refractivity contribution is -0.125. The molecule has 3 rings (SSSR count). The number of carbonyl (C=O) groups excluding carboxylic acids is 1. The van der Waals surface area contributed by atoms with Crippen LogP contribution in [0.2, 0.25) is 0 Å². The molecule has 9 heteroatoms. The van der Waals surface area contributed by atoms with Gasteiger partial charge in [0, 0.05) is 30.6 Å². The summed E-state index contributed by atoms with van der Waals surface area (Å²) in [6, 6.07) is 1.06. The molecule has 114 valence electrons. The minimum atomic E-state index is -3.01. The largest absolute Gasteiger partial charge is 0.352 e. The van der Waals surface area contributed by atoms with Gasteiger partial charge in [-0.3, -0.25) is 14.2 Å². The molecule has 1 aromatic rings. The van der Waals surface area contributed by atoms with Gasteiger partial charge < -0.3 is 5.32 Å². The standard InChI is InChI=1S/C12H15N3O4S2/c16-10-1-3-13-12-15(10)5-8(6-20-12)11(17)14-9-2-4-21(18,19)7-9/h1,3,8-9H,2,4-7H2,(H,14,17). The van der Waals surface area contributed by atoms with E-state index in [2.05, 4.69) is 10.3 Å². The minimum Gasteiger partial charge on any atom is -0.352 e. The average molecular weight is 329 g/mol. The van der Waals surface area contributed by atoms with Gasteiger partial charge in [0.25, 0.3) is 5.56 Å². The Labute approximate surface area is 126 Å². The van der Waals surface area contributed by atoms with Crippen LogP contribution in [-0.4, -0.2) is 47.2 Å². The molecule has 0 saturated carbocycles. The Morgan fingerprint density at radius 2 is 2.29 bits per heavy atom. The highest BCUT2D eigenvalue weighted by Crippen LogP contribution is 2.25. The maximum atomic E-state index is 12.2. The summed E-state index contributed by atoms with van der Waals surface area (Å²) in [5.74, 6) is 0.154. The lowest BCUT2D eigenvalue weighted by Gasteiger charge is -2.25. The number of carbonyl (C=O) groups is 1. The zero-order chi connectivity index (χ0) is 15.0. The van der Waals surface area contributed by atoms with Crippen molar-refractivity contribution < 1.29 is 13.2 Å². The molecule has 2 aliphatic heterocycles. The Balaban J connectivity index is 1.67.